The van der Waals surface area contributed by atoms with Crippen molar-refractivity contribution in [3.63, 3.8) is 0 Å². The first-order valence-corrected chi connectivity index (χ1v) is 5.20. The fraction of sp³-hybridized carbons (Fsp3) is 0.200. The van der Waals surface area contributed by atoms with Gasteiger partial charge in [0.1, 0.15) is 11.9 Å². The summed E-state index contributed by atoms with van der Waals surface area (Å²) in [5.41, 5.74) is 0.189. The van der Waals surface area contributed by atoms with Crippen molar-refractivity contribution < 1.29 is 19.1 Å². The third-order valence-corrected chi connectivity index (χ3v) is 2.55. The number of carbonyl (C=O) groups is 2. The molecule has 0 saturated heterocycles. The topological polar surface area (TPSA) is 66.4 Å². The Kier molecular flexibility index (Phi) is 4.00. The van der Waals surface area contributed by atoms with Crippen molar-refractivity contribution >= 4 is 27.8 Å². The van der Waals surface area contributed by atoms with E-state index in [1.165, 1.54) is 13.0 Å². The van der Waals surface area contributed by atoms with E-state index in [0.29, 0.717) is 0 Å². The maximum atomic E-state index is 12.7. The Morgan fingerprint density at radius 1 is 1.50 bits per heavy atom. The van der Waals surface area contributed by atoms with Gasteiger partial charge in [-0.25, -0.2) is 4.39 Å². The third kappa shape index (κ3) is 3.03. The van der Waals surface area contributed by atoms with Gasteiger partial charge in [0.2, 0.25) is 0 Å². The molecule has 0 saturated carbocycles. The van der Waals surface area contributed by atoms with Crippen LogP contribution in [0.15, 0.2) is 22.7 Å². The minimum Gasteiger partial charge on any atom is -0.480 e. The SMILES string of the molecule is C[C@@H](NC(=O)c1ccc(F)cc1Br)C(=O)O. The first-order valence-electron chi connectivity index (χ1n) is 4.40. The number of benzene rings is 1. The average Bonchev–Trinajstić information content (AvgIpc) is 2.16. The molecule has 0 radical (unpaired) electrons. The van der Waals surface area contributed by atoms with Gasteiger partial charge >= 0.3 is 5.97 Å². The zero-order chi connectivity index (χ0) is 12.3. The number of carbonyl (C=O) groups excluding carboxylic acids is 1. The maximum Gasteiger partial charge on any atom is 0.325 e. The Morgan fingerprint density at radius 2 is 2.12 bits per heavy atom. The number of nitrogens with one attached hydrogen (secondary N) is 1. The molecule has 0 aliphatic carbocycles. The lowest BCUT2D eigenvalue weighted by atomic mass is 10.2. The number of halogens is 2. The minimum atomic E-state index is -1.13. The second-order valence-corrected chi connectivity index (χ2v) is 4.01. The van der Waals surface area contributed by atoms with Crippen LogP contribution in [0.3, 0.4) is 0 Å². The molecule has 0 fully saturated rings. The average molecular weight is 290 g/mol. The Bertz CT molecular complexity index is 436. The predicted octanol–water partition coefficient (Wildman–Crippen LogP) is 1.79. The highest BCUT2D eigenvalue weighted by molar-refractivity contribution is 9.10. The summed E-state index contributed by atoms with van der Waals surface area (Å²) in [6.07, 6.45) is 0. The molecule has 4 nitrogen and oxygen atoms in total. The number of carboxylic acids is 1. The van der Waals surface area contributed by atoms with Gasteiger partial charge in [0.25, 0.3) is 5.91 Å². The highest BCUT2D eigenvalue weighted by Crippen LogP contribution is 2.17. The number of aliphatic carboxylic acids is 1. The van der Waals surface area contributed by atoms with Crippen LogP contribution in [0.1, 0.15) is 17.3 Å². The van der Waals surface area contributed by atoms with Crippen molar-refractivity contribution in [1.29, 1.82) is 0 Å². The largest absolute Gasteiger partial charge is 0.480 e. The second kappa shape index (κ2) is 5.07. The van der Waals surface area contributed by atoms with Gasteiger partial charge in [-0.1, -0.05) is 0 Å². The summed E-state index contributed by atoms with van der Waals surface area (Å²) < 4.78 is 13.0. The molecule has 0 bridgehead atoms. The molecule has 1 aromatic rings. The highest BCUT2D eigenvalue weighted by atomic mass is 79.9. The van der Waals surface area contributed by atoms with Gasteiger partial charge in [-0.2, -0.15) is 0 Å². The normalized spacial score (nSPS) is 11.9. The van der Waals surface area contributed by atoms with Crippen molar-refractivity contribution in [2.45, 2.75) is 13.0 Å². The molecule has 86 valence electrons. The summed E-state index contributed by atoms with van der Waals surface area (Å²) in [7, 11) is 0. The zero-order valence-electron chi connectivity index (χ0n) is 8.33. The van der Waals surface area contributed by atoms with Crippen molar-refractivity contribution in [3.8, 4) is 0 Å². The van der Waals surface area contributed by atoms with Gasteiger partial charge in [-0.05, 0) is 41.1 Å². The fourth-order valence-corrected chi connectivity index (χ4v) is 1.54. The number of hydrogen-bond acceptors (Lipinski definition) is 2. The molecule has 0 heterocycles. The van der Waals surface area contributed by atoms with Gasteiger partial charge in [0.15, 0.2) is 0 Å². The van der Waals surface area contributed by atoms with E-state index in [9.17, 15) is 14.0 Å². The summed E-state index contributed by atoms with van der Waals surface area (Å²) in [5, 5.41) is 10.9. The van der Waals surface area contributed by atoms with Crippen molar-refractivity contribution in [2.75, 3.05) is 0 Å². The van der Waals surface area contributed by atoms with Crippen LogP contribution in [0, 0.1) is 5.82 Å². The monoisotopic (exact) mass is 289 g/mol. The molecule has 6 heteroatoms. The van der Waals surface area contributed by atoms with Crippen molar-refractivity contribution in [2.24, 2.45) is 0 Å². The molecule has 0 unspecified atom stereocenters. The molecular formula is C10H9BrFNO3. The highest BCUT2D eigenvalue weighted by Gasteiger charge is 2.17. The van der Waals surface area contributed by atoms with Crippen LogP contribution in [0.5, 0.6) is 0 Å². The lowest BCUT2D eigenvalue weighted by molar-refractivity contribution is -0.138. The predicted molar refractivity (Wildman–Crippen MR) is 58.7 cm³/mol. The lowest BCUT2D eigenvalue weighted by Crippen LogP contribution is -2.38. The summed E-state index contributed by atoms with van der Waals surface area (Å²) in [4.78, 5) is 22.1. The molecule has 1 atom stereocenters. The van der Waals surface area contributed by atoms with E-state index in [1.54, 1.807) is 0 Å². The van der Waals surface area contributed by atoms with Gasteiger partial charge in [0.05, 0.1) is 5.56 Å². The molecule has 0 aliphatic heterocycles. The number of hydrogen-bond donors (Lipinski definition) is 2. The summed E-state index contributed by atoms with van der Waals surface area (Å²) in [6.45, 7) is 1.34. The van der Waals surface area contributed by atoms with E-state index in [4.69, 9.17) is 5.11 Å². The van der Waals surface area contributed by atoms with Crippen molar-refractivity contribution in [3.05, 3.63) is 34.1 Å². The van der Waals surface area contributed by atoms with Crippen LogP contribution in [-0.4, -0.2) is 23.0 Å². The number of amides is 1. The molecule has 0 aromatic heterocycles. The van der Waals surface area contributed by atoms with Gasteiger partial charge in [-0.3, -0.25) is 9.59 Å². The lowest BCUT2D eigenvalue weighted by Gasteiger charge is -2.10. The maximum absolute atomic E-state index is 12.7. The Labute approximate surface area is 99.6 Å². The summed E-state index contributed by atoms with van der Waals surface area (Å²) in [6, 6.07) is 2.55. The Hall–Kier alpha value is -1.43. The molecule has 1 rings (SSSR count). The quantitative estimate of drug-likeness (QED) is 0.892. The van der Waals surface area contributed by atoms with Crippen LogP contribution in [-0.2, 0) is 4.79 Å². The molecule has 2 N–H and O–H groups in total. The van der Waals surface area contributed by atoms with Gasteiger partial charge < -0.3 is 10.4 Å². The van der Waals surface area contributed by atoms with Crippen molar-refractivity contribution in [1.82, 2.24) is 5.32 Å². The van der Waals surface area contributed by atoms with Crippen LogP contribution < -0.4 is 5.32 Å². The number of carboxylic acid groups (broad SMARTS) is 1. The van der Waals surface area contributed by atoms with Crippen LogP contribution in [0.4, 0.5) is 4.39 Å². The Balaban J connectivity index is 2.85. The van der Waals surface area contributed by atoms with E-state index in [0.717, 1.165) is 12.1 Å². The molecule has 0 spiro atoms. The molecule has 0 aliphatic rings. The summed E-state index contributed by atoms with van der Waals surface area (Å²) >= 11 is 3.03. The van der Waals surface area contributed by atoms with E-state index < -0.39 is 23.7 Å². The van der Waals surface area contributed by atoms with Crippen LogP contribution in [0.2, 0.25) is 0 Å². The van der Waals surface area contributed by atoms with E-state index in [1.807, 2.05) is 0 Å². The molecular weight excluding hydrogens is 281 g/mol. The Morgan fingerprint density at radius 3 is 2.62 bits per heavy atom. The van der Waals surface area contributed by atoms with Gasteiger partial charge in [0, 0.05) is 4.47 Å². The van der Waals surface area contributed by atoms with E-state index in [2.05, 4.69) is 21.2 Å². The first kappa shape index (κ1) is 12.6. The summed E-state index contributed by atoms with van der Waals surface area (Å²) in [5.74, 6) is -2.18. The minimum absolute atomic E-state index is 0.189. The third-order valence-electron chi connectivity index (χ3n) is 1.89. The molecule has 1 amide bonds. The smallest absolute Gasteiger partial charge is 0.325 e. The van der Waals surface area contributed by atoms with Crippen LogP contribution >= 0.6 is 15.9 Å². The fourth-order valence-electron chi connectivity index (χ4n) is 1.01. The van der Waals surface area contributed by atoms with E-state index in [-0.39, 0.29) is 10.0 Å². The molecule has 1 aromatic carbocycles. The molecule has 16 heavy (non-hydrogen) atoms. The van der Waals surface area contributed by atoms with Gasteiger partial charge in [-0.15, -0.1) is 0 Å². The van der Waals surface area contributed by atoms with E-state index >= 15 is 0 Å². The first-order chi connectivity index (χ1) is 7.41. The van der Waals surface area contributed by atoms with Crippen LogP contribution in [0.25, 0.3) is 0 Å². The standard InChI is InChI=1S/C10H9BrFNO3/c1-5(10(15)16)13-9(14)7-3-2-6(12)4-8(7)11/h2-5H,1H3,(H,13,14)(H,15,16)/t5-/m1/s1. The number of rotatable bonds is 3. The second-order valence-electron chi connectivity index (χ2n) is 3.16. The zero-order valence-corrected chi connectivity index (χ0v) is 9.92.